The maximum absolute atomic E-state index is 10.9. The van der Waals surface area contributed by atoms with Crippen LogP contribution in [0, 0.1) is 0 Å². The minimum atomic E-state index is -1.18. The number of nitrogens with zero attached hydrogens (tertiary/aromatic N) is 1. The minimum Gasteiger partial charge on any atom is -0.480 e. The largest absolute Gasteiger partial charge is 0.480 e. The summed E-state index contributed by atoms with van der Waals surface area (Å²) in [6.07, 6.45) is 0. The third-order valence-electron chi connectivity index (χ3n) is 1.47. The summed E-state index contributed by atoms with van der Waals surface area (Å²) in [4.78, 5) is 25.2. The van der Waals surface area contributed by atoms with Crippen molar-refractivity contribution in [3.8, 4) is 0 Å². The molecule has 0 saturated carbocycles. The van der Waals surface area contributed by atoms with Crippen molar-refractivity contribution in [1.82, 2.24) is 4.98 Å². The van der Waals surface area contributed by atoms with Crippen LogP contribution in [0.5, 0.6) is 0 Å². The molecule has 1 aromatic heterocycles. The molecule has 15 heavy (non-hydrogen) atoms. The molecule has 4 N–H and O–H groups in total. The van der Waals surface area contributed by atoms with Crippen LogP contribution in [-0.4, -0.2) is 27.8 Å². The lowest BCUT2D eigenvalue weighted by atomic mass is 10.2. The Labute approximate surface area is 94.1 Å². The van der Waals surface area contributed by atoms with Crippen molar-refractivity contribution in [3.63, 3.8) is 0 Å². The van der Waals surface area contributed by atoms with E-state index >= 15 is 0 Å². The Morgan fingerprint density at radius 3 is 2.93 bits per heavy atom. The molecule has 0 bridgehead atoms. The van der Waals surface area contributed by atoms with E-state index < -0.39 is 17.9 Å². The molecule has 1 heterocycles. The summed E-state index contributed by atoms with van der Waals surface area (Å²) < 4.78 is 0. The van der Waals surface area contributed by atoms with E-state index in [9.17, 15) is 9.59 Å². The fourth-order valence-electron chi connectivity index (χ4n) is 0.766. The van der Waals surface area contributed by atoms with Crippen LogP contribution in [-0.2, 0) is 9.59 Å². The maximum Gasteiger partial charge on any atom is 0.326 e. The molecule has 0 aliphatic heterocycles. The number of thiazole rings is 1. The zero-order valence-corrected chi connectivity index (χ0v) is 9.01. The van der Waals surface area contributed by atoms with Gasteiger partial charge in [-0.25, -0.2) is 4.98 Å². The molecule has 0 spiro atoms. The van der Waals surface area contributed by atoms with Crippen molar-refractivity contribution >= 4 is 39.9 Å². The summed E-state index contributed by atoms with van der Waals surface area (Å²) >= 11 is 6.36. The van der Waals surface area contributed by atoms with Gasteiger partial charge in [-0.3, -0.25) is 9.59 Å². The van der Waals surface area contributed by atoms with Gasteiger partial charge in [0.05, 0.1) is 5.69 Å². The van der Waals surface area contributed by atoms with Gasteiger partial charge in [0.15, 0.2) is 5.13 Å². The van der Waals surface area contributed by atoms with Crippen molar-refractivity contribution < 1.29 is 14.7 Å². The maximum atomic E-state index is 10.9. The predicted octanol–water partition coefficient (Wildman–Crippen LogP) is 0.405. The lowest BCUT2D eigenvalue weighted by Gasteiger charge is -2.00. The molecule has 8 heteroatoms. The first kappa shape index (κ1) is 11.9. The number of anilines is 1. The third-order valence-corrected chi connectivity index (χ3v) is 2.49. The first-order valence-electron chi connectivity index (χ1n) is 3.84. The van der Waals surface area contributed by atoms with Gasteiger partial charge in [-0.15, -0.1) is 22.9 Å². The number of carboxylic acids is 1. The lowest BCUT2D eigenvalue weighted by molar-refractivity contribution is -0.138. The van der Waals surface area contributed by atoms with Crippen LogP contribution in [0.3, 0.4) is 0 Å². The Balaban J connectivity index is 2.72. The second-order valence-electron chi connectivity index (χ2n) is 2.58. The van der Waals surface area contributed by atoms with E-state index in [1.54, 1.807) is 0 Å². The lowest BCUT2D eigenvalue weighted by Crippen LogP contribution is -2.21. The molecule has 0 aliphatic carbocycles. The number of carbonyl (C=O) groups excluding carboxylic acids is 1. The highest BCUT2D eigenvalue weighted by Gasteiger charge is 2.17. The van der Waals surface area contributed by atoms with E-state index in [2.05, 4.69) is 10.3 Å². The quantitative estimate of drug-likeness (QED) is 0.670. The third kappa shape index (κ3) is 3.15. The molecular formula is C7H8ClN3O3S. The molecule has 1 rings (SSSR count). The van der Waals surface area contributed by atoms with Gasteiger partial charge >= 0.3 is 5.97 Å². The number of hydrogen-bond donors (Lipinski definition) is 3. The molecule has 0 saturated heterocycles. The molecule has 0 fully saturated rings. The van der Waals surface area contributed by atoms with Crippen LogP contribution in [0.4, 0.5) is 5.13 Å². The van der Waals surface area contributed by atoms with Crippen LogP contribution in [0.15, 0.2) is 5.38 Å². The van der Waals surface area contributed by atoms with Crippen LogP contribution < -0.4 is 11.1 Å². The Kier molecular flexibility index (Phi) is 4.01. The number of carboxylic acid groups (broad SMARTS) is 1. The fourth-order valence-corrected chi connectivity index (χ4v) is 1.59. The summed E-state index contributed by atoms with van der Waals surface area (Å²) in [5, 5.41) is 12.8. The number of hydrogen-bond acceptors (Lipinski definition) is 5. The average Bonchev–Trinajstić information content (AvgIpc) is 2.64. The van der Waals surface area contributed by atoms with Crippen molar-refractivity contribution in [2.75, 3.05) is 11.2 Å². The van der Waals surface area contributed by atoms with Crippen molar-refractivity contribution in [1.29, 1.82) is 0 Å². The number of nitrogens with one attached hydrogen (secondary N) is 1. The standard InChI is InChI=1S/C7H8ClN3O3S/c8-1-4(12)11-7-10-3(2-15-7)5(9)6(13)14/h2,5H,1,9H2,(H,13,14)(H,10,11,12)/t5-/m0/s1. The predicted molar refractivity (Wildman–Crippen MR) is 56.0 cm³/mol. The van der Waals surface area contributed by atoms with Gasteiger partial charge in [0.2, 0.25) is 5.91 Å². The van der Waals surface area contributed by atoms with Gasteiger partial charge < -0.3 is 16.2 Å². The normalized spacial score (nSPS) is 12.1. The Morgan fingerprint density at radius 2 is 2.40 bits per heavy atom. The summed E-state index contributed by atoms with van der Waals surface area (Å²) in [5.74, 6) is -1.75. The van der Waals surface area contributed by atoms with Crippen LogP contribution in [0.2, 0.25) is 0 Å². The minimum absolute atomic E-state index is 0.181. The molecule has 0 aliphatic rings. The number of rotatable bonds is 4. The molecule has 0 unspecified atom stereocenters. The average molecular weight is 250 g/mol. The van der Waals surface area contributed by atoms with E-state index in [1.165, 1.54) is 5.38 Å². The topological polar surface area (TPSA) is 105 Å². The monoisotopic (exact) mass is 249 g/mol. The zero-order valence-electron chi connectivity index (χ0n) is 7.44. The first-order chi connectivity index (χ1) is 7.04. The van der Waals surface area contributed by atoms with E-state index in [1.807, 2.05) is 0 Å². The van der Waals surface area contributed by atoms with Crippen LogP contribution >= 0.6 is 22.9 Å². The second kappa shape index (κ2) is 5.06. The Bertz CT molecular complexity index is 381. The van der Waals surface area contributed by atoms with Gasteiger partial charge in [-0.05, 0) is 0 Å². The molecule has 1 atom stereocenters. The fraction of sp³-hybridized carbons (Fsp3) is 0.286. The molecule has 1 aromatic rings. The van der Waals surface area contributed by atoms with Crippen LogP contribution in [0.25, 0.3) is 0 Å². The molecule has 0 radical (unpaired) electrons. The number of aromatic nitrogens is 1. The molecule has 82 valence electrons. The molecular weight excluding hydrogens is 242 g/mol. The number of halogens is 1. The van der Waals surface area contributed by atoms with Gasteiger partial charge in [0.1, 0.15) is 11.9 Å². The van der Waals surface area contributed by atoms with E-state index in [0.29, 0.717) is 0 Å². The number of nitrogens with two attached hydrogens (primary N) is 1. The van der Waals surface area contributed by atoms with Gasteiger partial charge in [-0.1, -0.05) is 0 Å². The van der Waals surface area contributed by atoms with E-state index in [0.717, 1.165) is 11.3 Å². The highest BCUT2D eigenvalue weighted by Crippen LogP contribution is 2.19. The highest BCUT2D eigenvalue weighted by molar-refractivity contribution is 7.14. The zero-order chi connectivity index (χ0) is 11.4. The second-order valence-corrected chi connectivity index (χ2v) is 3.70. The number of alkyl halides is 1. The van der Waals surface area contributed by atoms with Crippen molar-refractivity contribution in [3.05, 3.63) is 11.1 Å². The smallest absolute Gasteiger partial charge is 0.326 e. The van der Waals surface area contributed by atoms with E-state index in [-0.39, 0.29) is 16.7 Å². The van der Waals surface area contributed by atoms with Crippen LogP contribution in [0.1, 0.15) is 11.7 Å². The summed E-state index contributed by atoms with van der Waals surface area (Å²) in [6.45, 7) is 0. The Morgan fingerprint density at radius 1 is 1.73 bits per heavy atom. The summed E-state index contributed by atoms with van der Waals surface area (Å²) in [7, 11) is 0. The molecule has 1 amide bonds. The Hall–Kier alpha value is -1.18. The number of amides is 1. The van der Waals surface area contributed by atoms with Crippen molar-refractivity contribution in [2.24, 2.45) is 5.73 Å². The van der Waals surface area contributed by atoms with Crippen molar-refractivity contribution in [2.45, 2.75) is 6.04 Å². The first-order valence-corrected chi connectivity index (χ1v) is 5.25. The molecule has 6 nitrogen and oxygen atoms in total. The summed E-state index contributed by atoms with van der Waals surface area (Å²) in [5.41, 5.74) is 5.53. The number of carbonyl (C=O) groups is 2. The SMILES string of the molecule is N[C@H](C(=O)O)c1csc(NC(=O)CCl)n1. The van der Waals surface area contributed by atoms with Gasteiger partial charge in [0, 0.05) is 5.38 Å². The highest BCUT2D eigenvalue weighted by atomic mass is 35.5. The van der Waals surface area contributed by atoms with E-state index in [4.69, 9.17) is 22.4 Å². The number of aliphatic carboxylic acids is 1. The van der Waals surface area contributed by atoms with Gasteiger partial charge in [0.25, 0.3) is 0 Å². The summed E-state index contributed by atoms with van der Waals surface area (Å²) in [6, 6.07) is -1.18. The van der Waals surface area contributed by atoms with Gasteiger partial charge in [-0.2, -0.15) is 0 Å². The molecule has 0 aromatic carbocycles.